The summed E-state index contributed by atoms with van der Waals surface area (Å²) in [5.74, 6) is -3.37. The molecule has 2 aromatic rings. The Labute approximate surface area is 162 Å². The second kappa shape index (κ2) is 7.48. The third kappa shape index (κ3) is 4.09. The highest BCUT2D eigenvalue weighted by Crippen LogP contribution is 2.40. The van der Waals surface area contributed by atoms with E-state index in [2.05, 4.69) is 5.29 Å². The lowest BCUT2D eigenvalue weighted by Crippen LogP contribution is -2.20. The molecule has 1 heterocycles. The van der Waals surface area contributed by atoms with E-state index in [0.29, 0.717) is 24.2 Å². The summed E-state index contributed by atoms with van der Waals surface area (Å²) in [4.78, 5) is 10.7. The number of allylic oxidation sites excluding steroid dienone is 1. The van der Waals surface area contributed by atoms with Crippen molar-refractivity contribution in [1.82, 2.24) is 0 Å². The zero-order valence-electron chi connectivity index (χ0n) is 13.6. The van der Waals surface area contributed by atoms with Crippen LogP contribution in [0.3, 0.4) is 0 Å². The molecule has 0 saturated carbocycles. The molecular weight excluding hydrogens is 407 g/mol. The lowest BCUT2D eigenvalue weighted by molar-refractivity contribution is -0.139. The number of nitrogens with zero attached hydrogens (tertiary/aromatic N) is 2. The average Bonchev–Trinajstić information content (AvgIpc) is 3.00. The monoisotopic (exact) mass is 418 g/mol. The summed E-state index contributed by atoms with van der Waals surface area (Å²) in [7, 11) is 0. The summed E-state index contributed by atoms with van der Waals surface area (Å²) >= 11 is 11.4. The van der Waals surface area contributed by atoms with Gasteiger partial charge in [-0.25, -0.2) is 9.40 Å². The Hall–Kier alpha value is -2.12. The fourth-order valence-electron chi connectivity index (χ4n) is 2.99. The Morgan fingerprint density at radius 1 is 1.19 bits per heavy atom. The second-order valence-corrected chi connectivity index (χ2v) is 6.86. The molecule has 1 aliphatic rings. The van der Waals surface area contributed by atoms with E-state index in [1.165, 1.54) is 11.1 Å². The zero-order chi connectivity index (χ0) is 19.8. The van der Waals surface area contributed by atoms with Gasteiger partial charge < -0.3 is 0 Å². The van der Waals surface area contributed by atoms with Crippen LogP contribution < -0.4 is 5.01 Å². The van der Waals surface area contributed by atoms with Gasteiger partial charge in [0.25, 0.3) is 0 Å². The van der Waals surface area contributed by atoms with E-state index >= 15 is 0 Å². The molecule has 9 heteroatoms. The van der Waals surface area contributed by atoms with Crippen molar-refractivity contribution < 1.29 is 17.6 Å². The van der Waals surface area contributed by atoms with Crippen molar-refractivity contribution in [3.63, 3.8) is 0 Å². The first-order valence-electron chi connectivity index (χ1n) is 7.84. The summed E-state index contributed by atoms with van der Waals surface area (Å²) in [5.41, 5.74) is 1.28. The van der Waals surface area contributed by atoms with Crippen LogP contribution in [0.15, 0.2) is 41.7 Å². The SMILES string of the molecule is O=NN1CCc2cc(C=CC(c3cc(Cl)cc(Cl)c3F)C(F)(F)F)ccc21. The van der Waals surface area contributed by atoms with Crippen LogP contribution in [-0.4, -0.2) is 12.7 Å². The fraction of sp³-hybridized carbons (Fsp3) is 0.222. The molecule has 0 fully saturated rings. The van der Waals surface area contributed by atoms with Crippen molar-refractivity contribution >= 4 is 35.0 Å². The maximum Gasteiger partial charge on any atom is 0.399 e. The number of anilines is 1. The molecule has 0 radical (unpaired) electrons. The van der Waals surface area contributed by atoms with Gasteiger partial charge in [-0.2, -0.15) is 13.2 Å². The van der Waals surface area contributed by atoms with Crippen LogP contribution in [-0.2, 0) is 6.42 Å². The molecule has 1 unspecified atom stereocenters. The molecule has 3 nitrogen and oxygen atoms in total. The highest BCUT2D eigenvalue weighted by atomic mass is 35.5. The zero-order valence-corrected chi connectivity index (χ0v) is 15.1. The van der Waals surface area contributed by atoms with Crippen LogP contribution in [0, 0.1) is 10.7 Å². The van der Waals surface area contributed by atoms with Gasteiger partial charge in [0, 0.05) is 17.1 Å². The standard InChI is InChI=1S/C18H12Cl2F4N2O/c19-12-8-13(17(21)15(20)9-12)14(18(22,23)24)3-1-10-2-4-16-11(7-10)5-6-26(16)25-27/h1-4,7-9,14H,5-6H2. The van der Waals surface area contributed by atoms with Crippen molar-refractivity contribution in [3.8, 4) is 0 Å². The number of fused-ring (bicyclic) bond motifs is 1. The Morgan fingerprint density at radius 2 is 1.93 bits per heavy atom. The molecule has 142 valence electrons. The molecule has 3 rings (SSSR count). The largest absolute Gasteiger partial charge is 0.399 e. The number of nitroso groups, excluding NO2 is 1. The van der Waals surface area contributed by atoms with Crippen LogP contribution in [0.2, 0.25) is 10.0 Å². The molecular formula is C18H12Cl2F4N2O. The second-order valence-electron chi connectivity index (χ2n) is 6.01. The summed E-state index contributed by atoms with van der Waals surface area (Å²) < 4.78 is 54.7. The number of hydrogen-bond acceptors (Lipinski definition) is 2. The minimum atomic E-state index is -4.74. The molecule has 0 amide bonds. The third-order valence-electron chi connectivity index (χ3n) is 4.26. The predicted molar refractivity (Wildman–Crippen MR) is 97.5 cm³/mol. The van der Waals surface area contributed by atoms with Gasteiger partial charge in [0.15, 0.2) is 0 Å². The maximum atomic E-state index is 14.2. The third-order valence-corrected chi connectivity index (χ3v) is 4.76. The quantitative estimate of drug-likeness (QED) is 0.321. The average molecular weight is 419 g/mol. The van der Waals surface area contributed by atoms with Gasteiger partial charge >= 0.3 is 6.18 Å². The van der Waals surface area contributed by atoms with E-state index in [1.54, 1.807) is 18.2 Å². The van der Waals surface area contributed by atoms with Gasteiger partial charge in [0.05, 0.1) is 16.0 Å². The van der Waals surface area contributed by atoms with Crippen LogP contribution in [0.25, 0.3) is 6.08 Å². The molecule has 1 aliphatic heterocycles. The van der Waals surface area contributed by atoms with Gasteiger partial charge in [0.2, 0.25) is 0 Å². The molecule has 0 N–H and O–H groups in total. The van der Waals surface area contributed by atoms with E-state index in [4.69, 9.17) is 23.2 Å². The van der Waals surface area contributed by atoms with E-state index in [0.717, 1.165) is 23.8 Å². The van der Waals surface area contributed by atoms with E-state index in [9.17, 15) is 22.5 Å². The van der Waals surface area contributed by atoms with Crippen molar-refractivity contribution in [2.45, 2.75) is 18.5 Å². The lowest BCUT2D eigenvalue weighted by Gasteiger charge is -2.19. The first-order valence-corrected chi connectivity index (χ1v) is 8.59. The van der Waals surface area contributed by atoms with Gasteiger partial charge in [0.1, 0.15) is 11.7 Å². The van der Waals surface area contributed by atoms with E-state index in [1.807, 2.05) is 0 Å². The predicted octanol–water partition coefficient (Wildman–Crippen LogP) is 6.54. The topological polar surface area (TPSA) is 32.7 Å². The van der Waals surface area contributed by atoms with E-state index < -0.39 is 28.5 Å². The van der Waals surface area contributed by atoms with Crippen molar-refractivity contribution in [2.75, 3.05) is 11.6 Å². The highest BCUT2D eigenvalue weighted by molar-refractivity contribution is 6.34. The van der Waals surface area contributed by atoms with Crippen LogP contribution >= 0.6 is 23.2 Å². The van der Waals surface area contributed by atoms with Gasteiger partial charge in [-0.05, 0) is 41.8 Å². The van der Waals surface area contributed by atoms with Crippen molar-refractivity contribution in [2.24, 2.45) is 5.29 Å². The first kappa shape index (κ1) is 19.6. The number of benzene rings is 2. The Morgan fingerprint density at radius 3 is 2.59 bits per heavy atom. The molecule has 0 bridgehead atoms. The molecule has 0 aliphatic carbocycles. The van der Waals surface area contributed by atoms with E-state index in [-0.39, 0.29) is 5.02 Å². The van der Waals surface area contributed by atoms with Gasteiger partial charge in [-0.1, -0.05) is 41.4 Å². The first-order chi connectivity index (χ1) is 12.7. The Balaban J connectivity index is 1.96. The van der Waals surface area contributed by atoms with Crippen LogP contribution in [0.1, 0.15) is 22.6 Å². The summed E-state index contributed by atoms with van der Waals surface area (Å²) in [6, 6.07) is 6.82. The van der Waals surface area contributed by atoms with Gasteiger partial charge in [-0.3, -0.25) is 0 Å². The summed E-state index contributed by atoms with van der Waals surface area (Å²) in [5, 5.41) is 3.61. The van der Waals surface area contributed by atoms with Crippen LogP contribution in [0.4, 0.5) is 23.2 Å². The molecule has 0 aromatic heterocycles. The molecule has 0 spiro atoms. The highest BCUT2D eigenvalue weighted by Gasteiger charge is 2.41. The van der Waals surface area contributed by atoms with Crippen molar-refractivity contribution in [3.05, 3.63) is 73.9 Å². The minimum absolute atomic E-state index is 0.0852. The van der Waals surface area contributed by atoms with Crippen LogP contribution in [0.5, 0.6) is 0 Å². The number of rotatable bonds is 4. The molecule has 2 aromatic carbocycles. The maximum absolute atomic E-state index is 14.2. The number of halogens is 6. The summed E-state index contributed by atoms with van der Waals surface area (Å²) in [6.45, 7) is 0.420. The molecule has 27 heavy (non-hydrogen) atoms. The Bertz CT molecular complexity index is 915. The summed E-state index contributed by atoms with van der Waals surface area (Å²) in [6.07, 6.45) is -2.06. The molecule has 0 saturated heterocycles. The van der Waals surface area contributed by atoms with Crippen molar-refractivity contribution in [1.29, 1.82) is 0 Å². The number of alkyl halides is 3. The van der Waals surface area contributed by atoms with Gasteiger partial charge in [-0.15, -0.1) is 4.91 Å². The smallest absolute Gasteiger partial charge is 0.229 e. The molecule has 1 atom stereocenters. The Kier molecular flexibility index (Phi) is 5.44. The minimum Gasteiger partial charge on any atom is -0.229 e. The normalized spacial score (nSPS) is 15.3. The number of hydrogen-bond donors (Lipinski definition) is 0. The fourth-order valence-corrected chi connectivity index (χ4v) is 3.50. The lowest BCUT2D eigenvalue weighted by atomic mass is 9.96.